The van der Waals surface area contributed by atoms with Gasteiger partial charge in [0.25, 0.3) is 0 Å². The van der Waals surface area contributed by atoms with Crippen molar-refractivity contribution in [1.82, 2.24) is 0 Å². The Hall–Kier alpha value is -1.02. The molecule has 0 aromatic heterocycles. The Morgan fingerprint density at radius 1 is 1.21 bits per heavy atom. The Labute approximate surface area is 116 Å². The summed E-state index contributed by atoms with van der Waals surface area (Å²) < 4.78 is 5.57. The van der Waals surface area contributed by atoms with Gasteiger partial charge in [0.1, 0.15) is 5.75 Å². The summed E-state index contributed by atoms with van der Waals surface area (Å²) in [4.78, 5) is 0. The minimum absolute atomic E-state index is 0.195. The Morgan fingerprint density at radius 2 is 2.05 bits per heavy atom. The summed E-state index contributed by atoms with van der Waals surface area (Å²) in [5, 5.41) is 0. The normalized spacial score (nSPS) is 31.6. The van der Waals surface area contributed by atoms with E-state index in [0.717, 1.165) is 30.6 Å². The van der Waals surface area contributed by atoms with E-state index in [2.05, 4.69) is 32.0 Å². The first kappa shape index (κ1) is 13.0. The van der Waals surface area contributed by atoms with Gasteiger partial charge in [-0.05, 0) is 47.8 Å². The molecule has 1 aliphatic carbocycles. The average Bonchev–Trinajstić information content (AvgIpc) is 2.88. The lowest BCUT2D eigenvalue weighted by Crippen LogP contribution is -2.29. The molecule has 2 aliphatic rings. The van der Waals surface area contributed by atoms with E-state index >= 15 is 0 Å². The van der Waals surface area contributed by atoms with Crippen molar-refractivity contribution in [3.05, 3.63) is 29.3 Å². The molecule has 1 heterocycles. The van der Waals surface area contributed by atoms with Crippen molar-refractivity contribution < 1.29 is 4.74 Å². The smallest absolute Gasteiger partial charge is 0.122 e. The van der Waals surface area contributed by atoms with Gasteiger partial charge in [-0.2, -0.15) is 0 Å². The summed E-state index contributed by atoms with van der Waals surface area (Å²) in [6.07, 6.45) is 4.91. The summed E-state index contributed by atoms with van der Waals surface area (Å²) in [5.41, 5.74) is 9.17. The van der Waals surface area contributed by atoms with Crippen molar-refractivity contribution in [3.8, 4) is 5.75 Å². The molecule has 2 heteroatoms. The number of fused-ring (bicyclic) bond motifs is 1. The van der Waals surface area contributed by atoms with Crippen molar-refractivity contribution in [2.75, 3.05) is 6.61 Å². The maximum Gasteiger partial charge on any atom is 0.122 e. The largest absolute Gasteiger partial charge is 0.493 e. The van der Waals surface area contributed by atoms with E-state index in [1.807, 2.05) is 0 Å². The quantitative estimate of drug-likeness (QED) is 0.879. The molecular weight excluding hydrogens is 234 g/mol. The zero-order valence-corrected chi connectivity index (χ0v) is 12.1. The molecule has 4 unspecified atom stereocenters. The first-order valence-corrected chi connectivity index (χ1v) is 7.66. The summed E-state index contributed by atoms with van der Waals surface area (Å²) in [6, 6.07) is 6.74. The molecule has 0 amide bonds. The van der Waals surface area contributed by atoms with Crippen LogP contribution in [0.1, 0.15) is 50.3 Å². The maximum absolute atomic E-state index is 6.53. The molecule has 1 aliphatic heterocycles. The number of nitrogens with two attached hydrogens (primary N) is 1. The van der Waals surface area contributed by atoms with Crippen LogP contribution in [0.25, 0.3) is 0 Å². The van der Waals surface area contributed by atoms with E-state index in [9.17, 15) is 0 Å². The molecule has 19 heavy (non-hydrogen) atoms. The standard InChI is InChI=1S/C17H25NO/c1-11-3-4-14(9-12(11)2)17(18)15-5-6-16-13(10-15)7-8-19-16/h5-6,10-12,14,17H,3-4,7-9,18H2,1-2H3. The van der Waals surface area contributed by atoms with Crippen LogP contribution in [0.4, 0.5) is 0 Å². The van der Waals surface area contributed by atoms with Gasteiger partial charge >= 0.3 is 0 Å². The van der Waals surface area contributed by atoms with Crippen LogP contribution in [-0.2, 0) is 6.42 Å². The number of hydrogen-bond acceptors (Lipinski definition) is 2. The molecule has 0 radical (unpaired) electrons. The topological polar surface area (TPSA) is 35.2 Å². The van der Waals surface area contributed by atoms with Crippen LogP contribution < -0.4 is 10.5 Å². The Bertz CT molecular complexity index is 457. The fourth-order valence-electron chi connectivity index (χ4n) is 3.60. The van der Waals surface area contributed by atoms with Gasteiger partial charge in [-0.1, -0.05) is 32.4 Å². The van der Waals surface area contributed by atoms with Crippen LogP contribution in [0, 0.1) is 17.8 Å². The third-order valence-corrected chi connectivity index (χ3v) is 5.25. The van der Waals surface area contributed by atoms with Gasteiger partial charge in [-0.3, -0.25) is 0 Å². The van der Waals surface area contributed by atoms with Crippen molar-refractivity contribution in [3.63, 3.8) is 0 Å². The summed E-state index contributed by atoms with van der Waals surface area (Å²) in [6.45, 7) is 5.57. The highest BCUT2D eigenvalue weighted by Crippen LogP contribution is 2.39. The van der Waals surface area contributed by atoms with Gasteiger partial charge in [0.2, 0.25) is 0 Å². The van der Waals surface area contributed by atoms with Gasteiger partial charge in [0.05, 0.1) is 6.61 Å². The lowest BCUT2D eigenvalue weighted by molar-refractivity contribution is 0.186. The fourth-order valence-corrected chi connectivity index (χ4v) is 3.60. The van der Waals surface area contributed by atoms with Crippen molar-refractivity contribution >= 4 is 0 Å². The molecule has 1 saturated carbocycles. The molecule has 2 nitrogen and oxygen atoms in total. The first-order chi connectivity index (χ1) is 9.15. The van der Waals surface area contributed by atoms with Crippen molar-refractivity contribution in [2.24, 2.45) is 23.5 Å². The Balaban J connectivity index is 1.75. The van der Waals surface area contributed by atoms with Crippen LogP contribution in [0.15, 0.2) is 18.2 Å². The molecule has 2 N–H and O–H groups in total. The second kappa shape index (κ2) is 5.16. The SMILES string of the molecule is CC1CCC(C(N)c2ccc3c(c2)CCO3)CC1C. The molecule has 1 aromatic carbocycles. The fraction of sp³-hybridized carbons (Fsp3) is 0.647. The van der Waals surface area contributed by atoms with Crippen LogP contribution in [0.5, 0.6) is 5.75 Å². The van der Waals surface area contributed by atoms with Crippen LogP contribution in [-0.4, -0.2) is 6.61 Å². The third kappa shape index (κ3) is 2.51. The van der Waals surface area contributed by atoms with Gasteiger partial charge < -0.3 is 10.5 Å². The molecule has 0 bridgehead atoms. The highest BCUT2D eigenvalue weighted by Gasteiger charge is 2.29. The van der Waals surface area contributed by atoms with Gasteiger partial charge in [0.15, 0.2) is 0 Å². The van der Waals surface area contributed by atoms with Gasteiger partial charge in [0, 0.05) is 12.5 Å². The summed E-state index contributed by atoms with van der Waals surface area (Å²) >= 11 is 0. The molecule has 3 rings (SSSR count). The predicted molar refractivity (Wildman–Crippen MR) is 78.2 cm³/mol. The van der Waals surface area contributed by atoms with Crippen molar-refractivity contribution in [2.45, 2.75) is 45.6 Å². The van der Waals surface area contributed by atoms with Crippen LogP contribution >= 0.6 is 0 Å². The van der Waals surface area contributed by atoms with E-state index in [1.54, 1.807) is 0 Å². The number of benzene rings is 1. The molecule has 104 valence electrons. The minimum Gasteiger partial charge on any atom is -0.493 e. The summed E-state index contributed by atoms with van der Waals surface area (Å²) in [7, 11) is 0. The predicted octanol–water partition coefficient (Wildman–Crippen LogP) is 3.69. The van der Waals surface area contributed by atoms with Crippen LogP contribution in [0.3, 0.4) is 0 Å². The minimum atomic E-state index is 0.195. The van der Waals surface area contributed by atoms with E-state index in [1.165, 1.54) is 30.4 Å². The van der Waals surface area contributed by atoms with E-state index < -0.39 is 0 Å². The molecular formula is C17H25NO. The van der Waals surface area contributed by atoms with Crippen molar-refractivity contribution in [1.29, 1.82) is 0 Å². The second-order valence-corrected chi connectivity index (χ2v) is 6.52. The zero-order valence-electron chi connectivity index (χ0n) is 12.1. The highest BCUT2D eigenvalue weighted by molar-refractivity contribution is 5.40. The zero-order chi connectivity index (χ0) is 13.4. The van der Waals surface area contributed by atoms with E-state index in [4.69, 9.17) is 10.5 Å². The number of hydrogen-bond donors (Lipinski definition) is 1. The lowest BCUT2D eigenvalue weighted by atomic mass is 9.72. The lowest BCUT2D eigenvalue weighted by Gasteiger charge is -2.35. The third-order valence-electron chi connectivity index (χ3n) is 5.25. The van der Waals surface area contributed by atoms with Crippen LogP contribution in [0.2, 0.25) is 0 Å². The number of rotatable bonds is 2. The summed E-state index contributed by atoms with van der Waals surface area (Å²) in [5.74, 6) is 3.37. The molecule has 0 spiro atoms. The molecule has 1 aromatic rings. The number of ether oxygens (including phenoxy) is 1. The van der Waals surface area contributed by atoms with E-state index in [-0.39, 0.29) is 6.04 Å². The second-order valence-electron chi connectivity index (χ2n) is 6.52. The molecule has 4 atom stereocenters. The average molecular weight is 259 g/mol. The van der Waals surface area contributed by atoms with Gasteiger partial charge in [-0.25, -0.2) is 0 Å². The molecule has 1 fully saturated rings. The monoisotopic (exact) mass is 259 g/mol. The Morgan fingerprint density at radius 3 is 2.84 bits per heavy atom. The molecule has 0 saturated heterocycles. The maximum atomic E-state index is 6.53. The Kier molecular flexibility index (Phi) is 3.53. The first-order valence-electron chi connectivity index (χ1n) is 7.66. The highest BCUT2D eigenvalue weighted by atomic mass is 16.5. The van der Waals surface area contributed by atoms with E-state index in [0.29, 0.717) is 5.92 Å². The van der Waals surface area contributed by atoms with Gasteiger partial charge in [-0.15, -0.1) is 0 Å².